The van der Waals surface area contributed by atoms with Crippen LogP contribution in [0.4, 0.5) is 5.69 Å². The number of ether oxygens (including phenoxy) is 1. The van der Waals surface area contributed by atoms with Crippen LogP contribution in [-0.2, 0) is 4.79 Å². The van der Waals surface area contributed by atoms with Gasteiger partial charge >= 0.3 is 0 Å². The SMILES string of the molecule is CCOc1ccc(-n2c(SCC(=O)N3CCN(c4cc(Cl)ccc4C)CC3)nnc2-c2cccnc2)cc1. The molecule has 0 radical (unpaired) electrons. The second-order valence-electron chi connectivity index (χ2n) is 8.90. The molecule has 1 aliphatic rings. The third-order valence-corrected chi connectivity index (χ3v) is 7.58. The molecule has 4 aromatic rings. The summed E-state index contributed by atoms with van der Waals surface area (Å²) in [6, 6.07) is 17.5. The van der Waals surface area contributed by atoms with Gasteiger partial charge in [-0.2, -0.15) is 0 Å². The van der Waals surface area contributed by atoms with Gasteiger partial charge in [-0.25, -0.2) is 0 Å². The van der Waals surface area contributed by atoms with E-state index in [0.29, 0.717) is 30.7 Å². The minimum atomic E-state index is 0.0848. The fraction of sp³-hybridized carbons (Fsp3) is 0.286. The van der Waals surface area contributed by atoms with Crippen LogP contribution in [0.25, 0.3) is 17.1 Å². The van der Waals surface area contributed by atoms with Crippen LogP contribution < -0.4 is 9.64 Å². The first-order valence-corrected chi connectivity index (χ1v) is 13.9. The molecule has 2 aromatic carbocycles. The van der Waals surface area contributed by atoms with Gasteiger partial charge < -0.3 is 14.5 Å². The number of rotatable bonds is 8. The van der Waals surface area contributed by atoms with Gasteiger partial charge in [0.05, 0.1) is 12.4 Å². The molecular weight excluding hydrogens is 520 g/mol. The zero-order valence-electron chi connectivity index (χ0n) is 21.4. The molecule has 0 atom stereocenters. The van der Waals surface area contributed by atoms with Gasteiger partial charge in [0.15, 0.2) is 11.0 Å². The van der Waals surface area contributed by atoms with Gasteiger partial charge in [-0.15, -0.1) is 10.2 Å². The van der Waals surface area contributed by atoms with E-state index in [2.05, 4.69) is 27.0 Å². The Hall–Kier alpha value is -3.56. The van der Waals surface area contributed by atoms with Crippen LogP contribution in [0.1, 0.15) is 12.5 Å². The maximum absolute atomic E-state index is 13.2. The van der Waals surface area contributed by atoms with Crippen LogP contribution in [0.5, 0.6) is 5.75 Å². The van der Waals surface area contributed by atoms with Crippen LogP contribution in [0.2, 0.25) is 5.02 Å². The number of thioether (sulfide) groups is 1. The topological polar surface area (TPSA) is 76.4 Å². The largest absolute Gasteiger partial charge is 0.494 e. The smallest absolute Gasteiger partial charge is 0.233 e. The third kappa shape index (κ3) is 5.79. The average molecular weight is 549 g/mol. The highest BCUT2D eigenvalue weighted by Crippen LogP contribution is 2.29. The van der Waals surface area contributed by atoms with E-state index in [1.807, 2.05) is 71.0 Å². The molecule has 0 spiro atoms. The van der Waals surface area contributed by atoms with Gasteiger partial charge in [-0.1, -0.05) is 29.4 Å². The van der Waals surface area contributed by atoms with Gasteiger partial charge in [0.25, 0.3) is 0 Å². The van der Waals surface area contributed by atoms with E-state index in [4.69, 9.17) is 16.3 Å². The Morgan fingerprint density at radius 3 is 2.55 bits per heavy atom. The Kier molecular flexibility index (Phi) is 8.14. The number of hydrogen-bond donors (Lipinski definition) is 0. The standard InChI is InChI=1S/C28H29ClN6O2S/c1-3-37-24-10-8-23(9-11-24)35-27(21-5-4-12-30-18-21)31-32-28(35)38-19-26(36)34-15-13-33(14-16-34)25-17-22(29)7-6-20(25)2/h4-12,17-18H,3,13-16,19H2,1-2H3. The Morgan fingerprint density at radius 1 is 1.05 bits per heavy atom. The van der Waals surface area contributed by atoms with E-state index >= 15 is 0 Å². The zero-order valence-corrected chi connectivity index (χ0v) is 23.0. The first kappa shape index (κ1) is 26.1. The fourth-order valence-electron chi connectivity index (χ4n) is 4.47. The second-order valence-corrected chi connectivity index (χ2v) is 10.3. The van der Waals surface area contributed by atoms with E-state index < -0.39 is 0 Å². The Labute approximate surface area is 231 Å². The minimum absolute atomic E-state index is 0.0848. The first-order valence-electron chi connectivity index (χ1n) is 12.5. The Bertz CT molecular complexity index is 1390. The lowest BCUT2D eigenvalue weighted by atomic mass is 10.1. The van der Waals surface area contributed by atoms with Gasteiger partial charge in [-0.05, 0) is 67.9 Å². The summed E-state index contributed by atoms with van der Waals surface area (Å²) in [6.45, 7) is 7.51. The van der Waals surface area contributed by atoms with Gasteiger partial charge in [0.1, 0.15) is 5.75 Å². The summed E-state index contributed by atoms with van der Waals surface area (Å²) in [5.41, 5.74) is 4.05. The molecule has 5 rings (SSSR count). The number of benzene rings is 2. The number of nitrogens with zero attached hydrogens (tertiary/aromatic N) is 6. The number of halogens is 1. The Morgan fingerprint density at radius 2 is 1.84 bits per heavy atom. The number of aromatic nitrogens is 4. The van der Waals surface area contributed by atoms with Crippen molar-refractivity contribution in [2.45, 2.75) is 19.0 Å². The second kappa shape index (κ2) is 11.9. The molecule has 0 N–H and O–H groups in total. The predicted octanol–water partition coefficient (Wildman–Crippen LogP) is 5.13. The molecule has 3 heterocycles. The molecule has 196 valence electrons. The monoisotopic (exact) mass is 548 g/mol. The summed E-state index contributed by atoms with van der Waals surface area (Å²) < 4.78 is 7.56. The highest BCUT2D eigenvalue weighted by atomic mass is 35.5. The highest BCUT2D eigenvalue weighted by molar-refractivity contribution is 7.99. The summed E-state index contributed by atoms with van der Waals surface area (Å²) in [7, 11) is 0. The molecule has 10 heteroatoms. The van der Waals surface area contributed by atoms with Crippen LogP contribution in [0.3, 0.4) is 0 Å². The molecule has 0 bridgehead atoms. The highest BCUT2D eigenvalue weighted by Gasteiger charge is 2.24. The van der Waals surface area contributed by atoms with Crippen molar-refractivity contribution in [2.24, 2.45) is 0 Å². The van der Waals surface area contributed by atoms with Crippen LogP contribution in [-0.4, -0.2) is 69.1 Å². The van der Waals surface area contributed by atoms with Crippen molar-refractivity contribution >= 4 is 35.0 Å². The fourth-order valence-corrected chi connectivity index (χ4v) is 5.49. The van der Waals surface area contributed by atoms with Crippen LogP contribution >= 0.6 is 23.4 Å². The molecule has 1 aliphatic heterocycles. The van der Waals surface area contributed by atoms with Crippen molar-refractivity contribution in [2.75, 3.05) is 43.4 Å². The number of piperazine rings is 1. The summed E-state index contributed by atoms with van der Waals surface area (Å²) >= 11 is 7.61. The molecule has 0 unspecified atom stereocenters. The van der Waals surface area contributed by atoms with E-state index in [9.17, 15) is 4.79 Å². The average Bonchev–Trinajstić information content (AvgIpc) is 3.38. The lowest BCUT2D eigenvalue weighted by molar-refractivity contribution is -0.128. The molecule has 0 saturated carbocycles. The number of aryl methyl sites for hydroxylation is 1. The van der Waals surface area contributed by atoms with E-state index in [1.165, 1.54) is 17.3 Å². The summed E-state index contributed by atoms with van der Waals surface area (Å²) in [6.07, 6.45) is 3.48. The molecule has 0 aliphatic carbocycles. The van der Waals surface area contributed by atoms with Crippen LogP contribution in [0.15, 0.2) is 72.1 Å². The van der Waals surface area contributed by atoms with Gasteiger partial charge in [0.2, 0.25) is 5.91 Å². The molecule has 1 amide bonds. The molecule has 2 aromatic heterocycles. The Balaban J connectivity index is 1.29. The van der Waals surface area contributed by atoms with Crippen molar-refractivity contribution in [3.63, 3.8) is 0 Å². The van der Waals surface area contributed by atoms with Crippen molar-refractivity contribution in [1.82, 2.24) is 24.6 Å². The molecular formula is C28H29ClN6O2S. The molecule has 1 fully saturated rings. The van der Waals surface area contributed by atoms with Gasteiger partial charge in [0, 0.05) is 60.5 Å². The van der Waals surface area contributed by atoms with Crippen molar-refractivity contribution in [3.8, 4) is 22.8 Å². The number of hydrogen-bond acceptors (Lipinski definition) is 7. The maximum Gasteiger partial charge on any atom is 0.233 e. The minimum Gasteiger partial charge on any atom is -0.494 e. The van der Waals surface area contributed by atoms with Crippen molar-refractivity contribution in [3.05, 3.63) is 77.6 Å². The normalized spacial score (nSPS) is 13.6. The summed E-state index contributed by atoms with van der Waals surface area (Å²) in [5, 5.41) is 10.3. The predicted molar refractivity (Wildman–Crippen MR) is 151 cm³/mol. The maximum atomic E-state index is 13.2. The summed E-state index contributed by atoms with van der Waals surface area (Å²) in [4.78, 5) is 21.6. The lowest BCUT2D eigenvalue weighted by Crippen LogP contribution is -2.49. The van der Waals surface area contributed by atoms with Crippen molar-refractivity contribution < 1.29 is 9.53 Å². The van der Waals surface area contributed by atoms with Crippen LogP contribution in [0, 0.1) is 6.92 Å². The first-order chi connectivity index (χ1) is 18.5. The molecule has 1 saturated heterocycles. The van der Waals surface area contributed by atoms with E-state index in [-0.39, 0.29) is 11.7 Å². The zero-order chi connectivity index (χ0) is 26.5. The number of amides is 1. The quantitative estimate of drug-likeness (QED) is 0.282. The lowest BCUT2D eigenvalue weighted by Gasteiger charge is -2.36. The molecule has 38 heavy (non-hydrogen) atoms. The van der Waals surface area contributed by atoms with E-state index in [1.54, 1.807) is 12.4 Å². The number of anilines is 1. The number of carbonyl (C=O) groups is 1. The summed E-state index contributed by atoms with van der Waals surface area (Å²) in [5.74, 6) is 1.83. The number of pyridine rings is 1. The van der Waals surface area contributed by atoms with E-state index in [0.717, 1.165) is 40.8 Å². The third-order valence-electron chi connectivity index (χ3n) is 6.43. The van der Waals surface area contributed by atoms with Crippen molar-refractivity contribution in [1.29, 1.82) is 0 Å². The number of carbonyl (C=O) groups excluding carboxylic acids is 1. The molecule has 8 nitrogen and oxygen atoms in total. The van der Waals surface area contributed by atoms with Gasteiger partial charge in [-0.3, -0.25) is 14.3 Å².